The molecule has 1 saturated heterocycles. The van der Waals surface area contributed by atoms with Crippen molar-refractivity contribution in [2.45, 2.75) is 46.1 Å². The zero-order chi connectivity index (χ0) is 14.0. The summed E-state index contributed by atoms with van der Waals surface area (Å²) < 4.78 is 0. The topological polar surface area (TPSA) is 43.8 Å². The van der Waals surface area contributed by atoms with Crippen molar-refractivity contribution < 1.29 is 9.90 Å². The second-order valence-corrected chi connectivity index (χ2v) is 7.14. The summed E-state index contributed by atoms with van der Waals surface area (Å²) in [7, 11) is 0. The van der Waals surface area contributed by atoms with Gasteiger partial charge in [0.1, 0.15) is 0 Å². The fraction of sp³-hybridized carbons (Fsp3) is 0.933. The fourth-order valence-corrected chi connectivity index (χ4v) is 3.92. The molecule has 0 spiro atoms. The van der Waals surface area contributed by atoms with Crippen molar-refractivity contribution in [1.29, 1.82) is 0 Å². The average Bonchev–Trinajstić information content (AvgIpc) is 2.61. The average molecular weight is 268 g/mol. The molecule has 0 aromatic heterocycles. The molecule has 1 aliphatic carbocycles. The van der Waals surface area contributed by atoms with E-state index >= 15 is 0 Å². The van der Waals surface area contributed by atoms with Gasteiger partial charge < -0.3 is 10.0 Å². The van der Waals surface area contributed by atoms with Crippen LogP contribution >= 0.6 is 0 Å². The molecule has 4 nitrogen and oxygen atoms in total. The molecular weight excluding hydrogens is 240 g/mol. The molecule has 2 atom stereocenters. The standard InChI is InChI=1S/C15H28N2O2/c1-12-10-15(2,3)11-13(12)17-8-6-16(7-9-17)5-4-14(18)19/h12-13H,4-11H2,1-3H3,(H,18,19). The molecule has 110 valence electrons. The number of rotatable bonds is 4. The molecule has 0 aromatic carbocycles. The van der Waals surface area contributed by atoms with Gasteiger partial charge in [0.2, 0.25) is 0 Å². The molecule has 0 bridgehead atoms. The molecular formula is C15H28N2O2. The maximum absolute atomic E-state index is 10.6. The van der Waals surface area contributed by atoms with Crippen LogP contribution in [0.2, 0.25) is 0 Å². The van der Waals surface area contributed by atoms with Crippen LogP contribution in [0.25, 0.3) is 0 Å². The van der Waals surface area contributed by atoms with E-state index < -0.39 is 5.97 Å². The first-order valence-electron chi connectivity index (χ1n) is 7.55. The Morgan fingerprint density at radius 1 is 1.21 bits per heavy atom. The Hall–Kier alpha value is -0.610. The van der Waals surface area contributed by atoms with Crippen molar-refractivity contribution >= 4 is 5.97 Å². The van der Waals surface area contributed by atoms with Gasteiger partial charge >= 0.3 is 5.97 Å². The third kappa shape index (κ3) is 3.93. The van der Waals surface area contributed by atoms with Crippen molar-refractivity contribution in [3.05, 3.63) is 0 Å². The second kappa shape index (κ2) is 5.80. The third-order valence-electron chi connectivity index (χ3n) is 4.81. The lowest BCUT2D eigenvalue weighted by molar-refractivity contribution is -0.137. The molecule has 4 heteroatoms. The molecule has 0 radical (unpaired) electrons. The number of carbonyl (C=O) groups is 1. The van der Waals surface area contributed by atoms with Crippen LogP contribution in [0.1, 0.15) is 40.0 Å². The zero-order valence-electron chi connectivity index (χ0n) is 12.6. The smallest absolute Gasteiger partial charge is 0.304 e. The molecule has 1 N–H and O–H groups in total. The van der Waals surface area contributed by atoms with E-state index in [1.165, 1.54) is 12.8 Å². The summed E-state index contributed by atoms with van der Waals surface area (Å²) in [5.74, 6) is 0.106. The molecule has 0 amide bonds. The summed E-state index contributed by atoms with van der Waals surface area (Å²) in [4.78, 5) is 15.5. The minimum Gasteiger partial charge on any atom is -0.481 e. The van der Waals surface area contributed by atoms with Crippen LogP contribution in [0.15, 0.2) is 0 Å². The summed E-state index contributed by atoms with van der Waals surface area (Å²) >= 11 is 0. The normalized spacial score (nSPS) is 32.6. The van der Waals surface area contributed by atoms with Crippen LogP contribution in [0.4, 0.5) is 0 Å². The largest absolute Gasteiger partial charge is 0.481 e. The van der Waals surface area contributed by atoms with Gasteiger partial charge in [-0.2, -0.15) is 0 Å². The summed E-state index contributed by atoms with van der Waals surface area (Å²) in [6.45, 7) is 12.1. The Labute approximate surface area is 116 Å². The first kappa shape index (κ1) is 14.8. The van der Waals surface area contributed by atoms with Crippen LogP contribution in [0, 0.1) is 11.3 Å². The number of hydrogen-bond acceptors (Lipinski definition) is 3. The van der Waals surface area contributed by atoms with Crippen molar-refractivity contribution in [3.63, 3.8) is 0 Å². The molecule has 2 fully saturated rings. The molecule has 19 heavy (non-hydrogen) atoms. The highest BCUT2D eigenvalue weighted by molar-refractivity contribution is 5.66. The highest BCUT2D eigenvalue weighted by Crippen LogP contribution is 2.43. The van der Waals surface area contributed by atoms with Crippen molar-refractivity contribution in [3.8, 4) is 0 Å². The van der Waals surface area contributed by atoms with Crippen LogP contribution in [-0.2, 0) is 4.79 Å². The maximum Gasteiger partial charge on any atom is 0.304 e. The van der Waals surface area contributed by atoms with E-state index in [1.807, 2.05) is 0 Å². The van der Waals surface area contributed by atoms with Gasteiger partial charge in [-0.1, -0.05) is 20.8 Å². The number of carboxylic acids is 1. The van der Waals surface area contributed by atoms with E-state index in [4.69, 9.17) is 5.11 Å². The summed E-state index contributed by atoms with van der Waals surface area (Å²) in [5.41, 5.74) is 0.491. The van der Waals surface area contributed by atoms with E-state index in [0.717, 1.165) is 38.1 Å². The summed E-state index contributed by atoms with van der Waals surface area (Å²) in [6, 6.07) is 0.733. The van der Waals surface area contributed by atoms with Gasteiger partial charge in [-0.15, -0.1) is 0 Å². The minimum atomic E-state index is -0.686. The van der Waals surface area contributed by atoms with Crippen LogP contribution in [0.5, 0.6) is 0 Å². The van der Waals surface area contributed by atoms with Crippen LogP contribution in [0.3, 0.4) is 0 Å². The highest BCUT2D eigenvalue weighted by atomic mass is 16.4. The van der Waals surface area contributed by atoms with Gasteiger partial charge in [-0.25, -0.2) is 0 Å². The third-order valence-corrected chi connectivity index (χ3v) is 4.81. The number of hydrogen-bond donors (Lipinski definition) is 1. The van der Waals surface area contributed by atoms with Gasteiger partial charge in [0, 0.05) is 38.8 Å². The predicted octanol–water partition coefficient (Wildman–Crippen LogP) is 1.90. The second-order valence-electron chi connectivity index (χ2n) is 7.14. The fourth-order valence-electron chi connectivity index (χ4n) is 3.92. The lowest BCUT2D eigenvalue weighted by atomic mass is 9.91. The SMILES string of the molecule is CC1CC(C)(C)CC1N1CCN(CCC(=O)O)CC1. The molecule has 1 aliphatic heterocycles. The Kier molecular flexibility index (Phi) is 4.51. The summed E-state index contributed by atoms with van der Waals surface area (Å²) in [5, 5.41) is 8.72. The molecule has 1 saturated carbocycles. The van der Waals surface area contributed by atoms with Gasteiger partial charge in [0.05, 0.1) is 6.42 Å². The van der Waals surface area contributed by atoms with Crippen LogP contribution in [-0.4, -0.2) is 59.6 Å². The predicted molar refractivity (Wildman–Crippen MR) is 76.2 cm³/mol. The van der Waals surface area contributed by atoms with Crippen LogP contribution < -0.4 is 0 Å². The van der Waals surface area contributed by atoms with E-state index in [1.54, 1.807) is 0 Å². The molecule has 1 heterocycles. The first-order chi connectivity index (χ1) is 8.87. The van der Waals surface area contributed by atoms with Crippen molar-refractivity contribution in [1.82, 2.24) is 9.80 Å². The van der Waals surface area contributed by atoms with Crippen molar-refractivity contribution in [2.24, 2.45) is 11.3 Å². The van der Waals surface area contributed by atoms with E-state index in [-0.39, 0.29) is 6.42 Å². The summed E-state index contributed by atoms with van der Waals surface area (Å²) in [6.07, 6.45) is 2.91. The number of aliphatic carboxylic acids is 1. The monoisotopic (exact) mass is 268 g/mol. The Bertz CT molecular complexity index is 322. The molecule has 2 unspecified atom stereocenters. The van der Waals surface area contributed by atoms with Crippen molar-refractivity contribution in [2.75, 3.05) is 32.7 Å². The quantitative estimate of drug-likeness (QED) is 0.846. The molecule has 2 rings (SSSR count). The maximum atomic E-state index is 10.6. The van der Waals surface area contributed by atoms with Gasteiger partial charge in [-0.05, 0) is 24.2 Å². The first-order valence-corrected chi connectivity index (χ1v) is 7.55. The van der Waals surface area contributed by atoms with E-state index in [2.05, 4.69) is 30.6 Å². The van der Waals surface area contributed by atoms with E-state index in [0.29, 0.717) is 12.0 Å². The molecule has 0 aromatic rings. The minimum absolute atomic E-state index is 0.271. The van der Waals surface area contributed by atoms with Gasteiger partial charge in [0.15, 0.2) is 0 Å². The lowest BCUT2D eigenvalue weighted by Gasteiger charge is -2.39. The highest BCUT2D eigenvalue weighted by Gasteiger charge is 2.40. The Balaban J connectivity index is 1.79. The van der Waals surface area contributed by atoms with E-state index in [9.17, 15) is 4.79 Å². The Morgan fingerprint density at radius 2 is 1.84 bits per heavy atom. The molecule has 2 aliphatic rings. The zero-order valence-corrected chi connectivity index (χ0v) is 12.6. The number of nitrogens with zero attached hydrogens (tertiary/aromatic N) is 2. The van der Waals surface area contributed by atoms with Gasteiger partial charge in [-0.3, -0.25) is 9.69 Å². The Morgan fingerprint density at radius 3 is 2.32 bits per heavy atom. The number of piperazine rings is 1. The number of carboxylic acid groups (broad SMARTS) is 1. The van der Waals surface area contributed by atoms with Gasteiger partial charge in [0.25, 0.3) is 0 Å². The lowest BCUT2D eigenvalue weighted by Crippen LogP contribution is -2.51.